The molecule has 1 heterocycles. The fourth-order valence-electron chi connectivity index (χ4n) is 2.18. The van der Waals surface area contributed by atoms with Crippen LogP contribution >= 0.6 is 0 Å². The number of nitrogens with zero attached hydrogens (tertiary/aromatic N) is 1. The van der Waals surface area contributed by atoms with E-state index in [2.05, 4.69) is 17.9 Å². The third-order valence-corrected chi connectivity index (χ3v) is 3.21. The zero-order valence-corrected chi connectivity index (χ0v) is 13.3. The van der Waals surface area contributed by atoms with Crippen molar-refractivity contribution in [3.8, 4) is 0 Å². The Morgan fingerprint density at radius 3 is 2.88 bits per heavy atom. The van der Waals surface area contributed by atoms with Crippen LogP contribution in [0.1, 0.15) is 31.7 Å². The molecule has 4 heteroatoms. The van der Waals surface area contributed by atoms with Gasteiger partial charge in [-0.25, -0.2) is 0 Å². The van der Waals surface area contributed by atoms with E-state index in [1.54, 1.807) is 6.07 Å². The Hall–Kier alpha value is 0.356. The molecule has 1 aliphatic rings. The van der Waals surface area contributed by atoms with Crippen molar-refractivity contribution < 1.29 is 21.4 Å². The van der Waals surface area contributed by atoms with Crippen LogP contribution in [0.2, 0.25) is 0 Å². The first-order chi connectivity index (χ1) is 7.27. The number of benzene rings is 1. The van der Waals surface area contributed by atoms with Gasteiger partial charge in [0.15, 0.2) is 0 Å². The summed E-state index contributed by atoms with van der Waals surface area (Å²) in [6.45, 7) is 4.06. The van der Waals surface area contributed by atoms with Gasteiger partial charge in [0.05, 0.1) is 0 Å². The topological polar surface area (TPSA) is 3.24 Å². The fraction of sp³-hybridized carbons (Fsp3) is 0.538. The molecule has 1 nitrogen and oxygen atoms in total. The fourth-order valence-corrected chi connectivity index (χ4v) is 2.18. The number of likely N-dealkylation sites (tertiary alicyclic amines) is 1. The average molecular weight is 310 g/mol. The quantitative estimate of drug-likeness (QED) is 0.532. The Balaban J connectivity index is 0.00000128. The number of hydrogen-bond acceptors (Lipinski definition) is 1. The predicted molar refractivity (Wildman–Crippen MR) is 64.7 cm³/mol. The number of rotatable bonds is 2. The summed E-state index contributed by atoms with van der Waals surface area (Å²) in [6, 6.07) is 8.38. The summed E-state index contributed by atoms with van der Waals surface area (Å²) in [6.07, 6.45) is 3.79. The maximum absolute atomic E-state index is 13.4. The van der Waals surface area contributed by atoms with Crippen molar-refractivity contribution in [2.45, 2.75) is 38.8 Å². The summed E-state index contributed by atoms with van der Waals surface area (Å²) in [7, 11) is 0. The molecule has 0 aliphatic carbocycles. The minimum atomic E-state index is -0.129. The molecular weight excluding hydrogens is 293 g/mol. The minimum absolute atomic E-state index is 0. The molecule has 1 aromatic carbocycles. The van der Waals surface area contributed by atoms with Crippen LogP contribution in [0, 0.1) is 11.9 Å². The molecule has 0 aromatic heterocycles. The first kappa shape index (κ1) is 17.4. The third-order valence-electron chi connectivity index (χ3n) is 3.21. The number of halogens is 2. The summed E-state index contributed by atoms with van der Waals surface area (Å²) in [4.78, 5) is 2.36. The maximum Gasteiger partial charge on any atom is 2.00 e. The monoisotopic (exact) mass is 309 g/mol. The molecule has 0 bridgehead atoms. The van der Waals surface area contributed by atoms with Gasteiger partial charge in [0.1, 0.15) is 0 Å². The Labute approximate surface area is 130 Å². The van der Waals surface area contributed by atoms with Crippen LogP contribution in [0.3, 0.4) is 0 Å². The zero-order valence-electron chi connectivity index (χ0n) is 10.3. The third kappa shape index (κ3) is 4.85. The minimum Gasteiger partial charge on any atom is -1.00 e. The summed E-state index contributed by atoms with van der Waals surface area (Å²) in [5.41, 5.74) is 0.794. The Morgan fingerprint density at radius 1 is 1.47 bits per heavy atom. The normalized spacial score (nSPS) is 20.2. The number of hydrogen-bond donors (Lipinski definition) is 0. The molecule has 0 radical (unpaired) electrons. The van der Waals surface area contributed by atoms with Gasteiger partial charge in [0, 0.05) is 18.4 Å². The van der Waals surface area contributed by atoms with E-state index in [1.165, 1.54) is 25.3 Å². The van der Waals surface area contributed by atoms with Crippen molar-refractivity contribution in [3.05, 3.63) is 35.6 Å². The van der Waals surface area contributed by atoms with Crippen LogP contribution in [0.5, 0.6) is 0 Å². The molecule has 1 atom stereocenters. The number of piperidine rings is 1. The van der Waals surface area contributed by atoms with E-state index >= 15 is 0 Å². The van der Waals surface area contributed by atoms with Crippen molar-refractivity contribution in [2.75, 3.05) is 6.54 Å². The molecule has 1 aliphatic heterocycles. The van der Waals surface area contributed by atoms with E-state index < -0.39 is 0 Å². The summed E-state index contributed by atoms with van der Waals surface area (Å²) in [5, 5.41) is 0. The van der Waals surface area contributed by atoms with Crippen LogP contribution < -0.4 is 17.0 Å². The molecule has 0 amide bonds. The van der Waals surface area contributed by atoms with Gasteiger partial charge in [-0.3, -0.25) is 9.29 Å². The SMILES string of the molecule is CC1CCCCN1Cc1cc[c-]cc1F.[Br-].[Mg+2]. The molecule has 0 saturated carbocycles. The van der Waals surface area contributed by atoms with E-state index in [1.807, 2.05) is 6.07 Å². The van der Waals surface area contributed by atoms with Crippen molar-refractivity contribution in [1.82, 2.24) is 4.90 Å². The molecule has 1 unspecified atom stereocenters. The largest absolute Gasteiger partial charge is 2.00 e. The average Bonchev–Trinajstić information content (AvgIpc) is 2.24. The summed E-state index contributed by atoms with van der Waals surface area (Å²) < 4.78 is 13.4. The van der Waals surface area contributed by atoms with Crippen LogP contribution in [0.4, 0.5) is 4.39 Å². The second-order valence-electron chi connectivity index (χ2n) is 4.33. The van der Waals surface area contributed by atoms with Gasteiger partial charge in [-0.05, 0) is 26.3 Å². The molecular formula is C13H17BrFMgN. The van der Waals surface area contributed by atoms with Gasteiger partial charge >= 0.3 is 23.1 Å². The summed E-state index contributed by atoms with van der Waals surface area (Å²) >= 11 is 0. The zero-order chi connectivity index (χ0) is 10.7. The van der Waals surface area contributed by atoms with Gasteiger partial charge in [-0.1, -0.05) is 6.42 Å². The van der Waals surface area contributed by atoms with Crippen LogP contribution in [-0.2, 0) is 6.54 Å². The second kappa shape index (κ2) is 8.46. The van der Waals surface area contributed by atoms with Gasteiger partial charge < -0.3 is 17.0 Å². The molecule has 17 heavy (non-hydrogen) atoms. The van der Waals surface area contributed by atoms with Gasteiger partial charge in [-0.2, -0.15) is 18.2 Å². The van der Waals surface area contributed by atoms with Crippen LogP contribution in [0.15, 0.2) is 18.2 Å². The smallest absolute Gasteiger partial charge is 1.00 e. The maximum atomic E-state index is 13.4. The van der Waals surface area contributed by atoms with E-state index in [-0.39, 0.29) is 45.9 Å². The molecule has 1 saturated heterocycles. The first-order valence-corrected chi connectivity index (χ1v) is 5.66. The van der Waals surface area contributed by atoms with Crippen molar-refractivity contribution in [1.29, 1.82) is 0 Å². The Morgan fingerprint density at radius 2 is 2.24 bits per heavy atom. The molecule has 0 spiro atoms. The van der Waals surface area contributed by atoms with Gasteiger partial charge in [0.2, 0.25) is 0 Å². The molecule has 0 N–H and O–H groups in total. The predicted octanol–water partition coefficient (Wildman–Crippen LogP) is -0.377. The van der Waals surface area contributed by atoms with E-state index in [0.29, 0.717) is 6.04 Å². The van der Waals surface area contributed by atoms with E-state index in [4.69, 9.17) is 0 Å². The Kier molecular flexibility index (Phi) is 8.63. The van der Waals surface area contributed by atoms with Gasteiger partial charge in [0.25, 0.3) is 0 Å². The first-order valence-electron chi connectivity index (χ1n) is 5.66. The van der Waals surface area contributed by atoms with Crippen molar-refractivity contribution in [2.24, 2.45) is 0 Å². The van der Waals surface area contributed by atoms with E-state index in [9.17, 15) is 4.39 Å². The van der Waals surface area contributed by atoms with Crippen molar-refractivity contribution in [3.63, 3.8) is 0 Å². The van der Waals surface area contributed by atoms with Crippen LogP contribution in [-0.4, -0.2) is 40.5 Å². The Bertz CT molecular complexity index is 335. The van der Waals surface area contributed by atoms with Crippen LogP contribution in [0.25, 0.3) is 0 Å². The standard InChI is InChI=1S/C13H17FN.BrH.Mg/c1-11-6-4-5-9-15(11)10-12-7-2-3-8-13(12)14;;/h2,7-8,11H,4-6,9-10H2,1H3;1H;/q-1;;+2/p-1. The van der Waals surface area contributed by atoms with E-state index in [0.717, 1.165) is 18.7 Å². The molecule has 1 fully saturated rings. The summed E-state index contributed by atoms with van der Waals surface area (Å²) in [5.74, 6) is -0.129. The second-order valence-corrected chi connectivity index (χ2v) is 4.33. The molecule has 2 rings (SSSR count). The molecule has 1 aromatic rings. The molecule has 90 valence electrons. The van der Waals surface area contributed by atoms with Crippen molar-refractivity contribution >= 4 is 23.1 Å². The van der Waals surface area contributed by atoms with Gasteiger partial charge in [-0.15, -0.1) is 11.6 Å².